The maximum absolute atomic E-state index is 12.0. The number of nitrogens with one attached hydrogen (secondary N) is 1. The van der Waals surface area contributed by atoms with Crippen LogP contribution in [0.25, 0.3) is 11.0 Å². The first-order chi connectivity index (χ1) is 9.67. The standard InChI is InChI=1S/C15H22N4O/c1-3-5-9-17-14(20)10-19-12-8-6-7-11(16)15(12)18-13(19)4-2/h6-8H,3-5,9-10,16H2,1-2H3,(H,17,20). The Morgan fingerprint density at radius 1 is 1.40 bits per heavy atom. The number of anilines is 1. The monoisotopic (exact) mass is 274 g/mol. The van der Waals surface area contributed by atoms with Crippen molar-refractivity contribution >= 4 is 22.6 Å². The van der Waals surface area contributed by atoms with Gasteiger partial charge in [-0.3, -0.25) is 4.79 Å². The highest BCUT2D eigenvalue weighted by Gasteiger charge is 2.13. The molecule has 5 heteroatoms. The zero-order valence-corrected chi connectivity index (χ0v) is 12.1. The molecule has 0 saturated heterocycles. The predicted molar refractivity (Wildman–Crippen MR) is 81.4 cm³/mol. The van der Waals surface area contributed by atoms with Gasteiger partial charge in [-0.05, 0) is 18.6 Å². The van der Waals surface area contributed by atoms with Crippen molar-refractivity contribution in [1.82, 2.24) is 14.9 Å². The molecular weight excluding hydrogens is 252 g/mol. The fourth-order valence-electron chi connectivity index (χ4n) is 2.27. The Bertz CT molecular complexity index is 603. The van der Waals surface area contributed by atoms with Crippen LogP contribution in [0.5, 0.6) is 0 Å². The van der Waals surface area contributed by atoms with Crippen LogP contribution in [0.2, 0.25) is 0 Å². The summed E-state index contributed by atoms with van der Waals surface area (Å²) in [6.45, 7) is 5.16. The largest absolute Gasteiger partial charge is 0.397 e. The second-order valence-electron chi connectivity index (χ2n) is 4.89. The number of nitrogens with two attached hydrogens (primary N) is 1. The molecule has 20 heavy (non-hydrogen) atoms. The predicted octanol–water partition coefficient (Wildman–Crippen LogP) is 2.10. The molecule has 0 aliphatic heterocycles. The van der Waals surface area contributed by atoms with Gasteiger partial charge in [0.1, 0.15) is 17.9 Å². The summed E-state index contributed by atoms with van der Waals surface area (Å²) in [6.07, 6.45) is 2.85. The average Bonchev–Trinajstić information content (AvgIpc) is 2.79. The van der Waals surface area contributed by atoms with Gasteiger partial charge in [0.25, 0.3) is 0 Å². The lowest BCUT2D eigenvalue weighted by molar-refractivity contribution is -0.121. The molecule has 0 aliphatic carbocycles. The van der Waals surface area contributed by atoms with Crippen molar-refractivity contribution in [3.63, 3.8) is 0 Å². The number of nitrogen functional groups attached to an aromatic ring is 1. The number of amides is 1. The third-order valence-electron chi connectivity index (χ3n) is 3.36. The van der Waals surface area contributed by atoms with E-state index in [1.165, 1.54) is 0 Å². The van der Waals surface area contributed by atoms with Gasteiger partial charge in [-0.2, -0.15) is 0 Å². The fourth-order valence-corrected chi connectivity index (χ4v) is 2.27. The normalized spacial score (nSPS) is 10.9. The third kappa shape index (κ3) is 2.92. The van der Waals surface area contributed by atoms with Crippen LogP contribution in [-0.2, 0) is 17.8 Å². The fraction of sp³-hybridized carbons (Fsp3) is 0.467. The Morgan fingerprint density at radius 2 is 2.20 bits per heavy atom. The lowest BCUT2D eigenvalue weighted by Crippen LogP contribution is -2.28. The summed E-state index contributed by atoms with van der Waals surface area (Å²) >= 11 is 0. The highest BCUT2D eigenvalue weighted by molar-refractivity contribution is 5.89. The number of hydrogen-bond acceptors (Lipinski definition) is 3. The van der Waals surface area contributed by atoms with Crippen molar-refractivity contribution in [2.45, 2.75) is 39.7 Å². The molecule has 0 aliphatic rings. The van der Waals surface area contributed by atoms with Crippen molar-refractivity contribution in [1.29, 1.82) is 0 Å². The number of benzene rings is 1. The van der Waals surface area contributed by atoms with E-state index < -0.39 is 0 Å². The van der Waals surface area contributed by atoms with Crippen molar-refractivity contribution < 1.29 is 4.79 Å². The number of aryl methyl sites for hydroxylation is 1. The van der Waals surface area contributed by atoms with Gasteiger partial charge in [-0.15, -0.1) is 0 Å². The number of unbranched alkanes of at least 4 members (excludes halogenated alkanes) is 1. The van der Waals surface area contributed by atoms with E-state index in [2.05, 4.69) is 17.2 Å². The summed E-state index contributed by atoms with van der Waals surface area (Å²) in [5, 5.41) is 2.93. The minimum absolute atomic E-state index is 0.0230. The summed E-state index contributed by atoms with van der Waals surface area (Å²) in [5.41, 5.74) is 8.31. The summed E-state index contributed by atoms with van der Waals surface area (Å²) in [6, 6.07) is 5.68. The molecule has 3 N–H and O–H groups in total. The second kappa shape index (κ2) is 6.41. The molecule has 1 amide bonds. The summed E-state index contributed by atoms with van der Waals surface area (Å²) in [4.78, 5) is 16.5. The van der Waals surface area contributed by atoms with Gasteiger partial charge in [0.15, 0.2) is 0 Å². The SMILES string of the molecule is CCCCNC(=O)Cn1c(CC)nc2c(N)cccc21. The molecule has 1 aromatic heterocycles. The van der Waals surface area contributed by atoms with E-state index in [0.29, 0.717) is 12.2 Å². The highest BCUT2D eigenvalue weighted by Crippen LogP contribution is 2.22. The number of fused-ring (bicyclic) bond motifs is 1. The molecule has 0 radical (unpaired) electrons. The van der Waals surface area contributed by atoms with Crippen LogP contribution >= 0.6 is 0 Å². The van der Waals surface area contributed by atoms with E-state index in [-0.39, 0.29) is 5.91 Å². The average molecular weight is 274 g/mol. The smallest absolute Gasteiger partial charge is 0.240 e. The number of carbonyl (C=O) groups excluding carboxylic acids is 1. The highest BCUT2D eigenvalue weighted by atomic mass is 16.1. The van der Waals surface area contributed by atoms with E-state index in [0.717, 1.165) is 42.7 Å². The Morgan fingerprint density at radius 3 is 2.90 bits per heavy atom. The zero-order valence-electron chi connectivity index (χ0n) is 12.1. The number of imidazole rings is 1. The maximum Gasteiger partial charge on any atom is 0.240 e. The first kappa shape index (κ1) is 14.4. The summed E-state index contributed by atoms with van der Waals surface area (Å²) < 4.78 is 1.95. The minimum Gasteiger partial charge on any atom is -0.397 e. The lowest BCUT2D eigenvalue weighted by atomic mass is 10.2. The molecule has 0 bridgehead atoms. The minimum atomic E-state index is 0.0230. The Kier molecular flexibility index (Phi) is 4.61. The molecular formula is C15H22N4O. The molecule has 1 aromatic carbocycles. The van der Waals surface area contributed by atoms with Gasteiger partial charge in [0.05, 0.1) is 11.2 Å². The van der Waals surface area contributed by atoms with Crippen LogP contribution < -0.4 is 11.1 Å². The number of hydrogen-bond donors (Lipinski definition) is 2. The van der Waals surface area contributed by atoms with E-state index in [9.17, 15) is 4.79 Å². The van der Waals surface area contributed by atoms with Gasteiger partial charge >= 0.3 is 0 Å². The quantitative estimate of drug-likeness (QED) is 0.626. The molecule has 0 atom stereocenters. The van der Waals surface area contributed by atoms with Crippen molar-refractivity contribution in [2.75, 3.05) is 12.3 Å². The molecule has 0 saturated carbocycles. The van der Waals surface area contributed by atoms with Gasteiger partial charge in [-0.25, -0.2) is 4.98 Å². The van der Waals surface area contributed by atoms with E-state index in [1.54, 1.807) is 0 Å². The topological polar surface area (TPSA) is 72.9 Å². The molecule has 2 rings (SSSR count). The van der Waals surface area contributed by atoms with Gasteiger partial charge in [0.2, 0.25) is 5.91 Å². The lowest BCUT2D eigenvalue weighted by Gasteiger charge is -2.09. The van der Waals surface area contributed by atoms with E-state index in [1.807, 2.05) is 29.7 Å². The van der Waals surface area contributed by atoms with Crippen LogP contribution in [-0.4, -0.2) is 22.0 Å². The first-order valence-corrected chi connectivity index (χ1v) is 7.17. The van der Waals surface area contributed by atoms with Crippen LogP contribution in [0.1, 0.15) is 32.5 Å². The molecule has 1 heterocycles. The van der Waals surface area contributed by atoms with Gasteiger partial charge in [0, 0.05) is 13.0 Å². The third-order valence-corrected chi connectivity index (χ3v) is 3.36. The molecule has 108 valence electrons. The van der Waals surface area contributed by atoms with Crippen molar-refractivity contribution in [2.24, 2.45) is 0 Å². The molecule has 0 unspecified atom stereocenters. The summed E-state index contributed by atoms with van der Waals surface area (Å²) in [7, 11) is 0. The Balaban J connectivity index is 2.24. The van der Waals surface area contributed by atoms with E-state index >= 15 is 0 Å². The van der Waals surface area contributed by atoms with Crippen molar-refractivity contribution in [3.05, 3.63) is 24.0 Å². The Labute approximate surface area is 119 Å². The number of rotatable bonds is 6. The zero-order chi connectivity index (χ0) is 14.5. The maximum atomic E-state index is 12.0. The Hall–Kier alpha value is -2.04. The number of carbonyl (C=O) groups is 1. The summed E-state index contributed by atoms with van der Waals surface area (Å²) in [5.74, 6) is 0.915. The van der Waals surface area contributed by atoms with Crippen LogP contribution in [0.4, 0.5) is 5.69 Å². The van der Waals surface area contributed by atoms with Crippen LogP contribution in [0.3, 0.4) is 0 Å². The number of aromatic nitrogens is 2. The van der Waals surface area contributed by atoms with Gasteiger partial charge in [-0.1, -0.05) is 26.3 Å². The molecule has 2 aromatic rings. The number of para-hydroxylation sites is 1. The number of nitrogens with zero attached hydrogens (tertiary/aromatic N) is 2. The van der Waals surface area contributed by atoms with Crippen molar-refractivity contribution in [3.8, 4) is 0 Å². The van der Waals surface area contributed by atoms with Gasteiger partial charge < -0.3 is 15.6 Å². The molecule has 5 nitrogen and oxygen atoms in total. The molecule has 0 fully saturated rings. The van der Waals surface area contributed by atoms with E-state index in [4.69, 9.17) is 5.73 Å². The second-order valence-corrected chi connectivity index (χ2v) is 4.89. The molecule has 0 spiro atoms. The van der Waals surface area contributed by atoms with Crippen LogP contribution in [0.15, 0.2) is 18.2 Å². The van der Waals surface area contributed by atoms with Crippen LogP contribution in [0, 0.1) is 0 Å². The first-order valence-electron chi connectivity index (χ1n) is 7.17.